The number of rotatable bonds is 3. The first-order chi connectivity index (χ1) is 10.3. The molecule has 110 valence electrons. The van der Waals surface area contributed by atoms with Gasteiger partial charge in [0.25, 0.3) is 5.91 Å². The van der Waals surface area contributed by atoms with Crippen LogP contribution in [0.1, 0.15) is 10.5 Å². The molecular weight excluding hydrogens is 270 g/mol. The predicted molar refractivity (Wildman–Crippen MR) is 77.5 cm³/mol. The van der Waals surface area contributed by atoms with Gasteiger partial charge in [-0.2, -0.15) is 15.4 Å². The highest BCUT2D eigenvalue weighted by molar-refractivity contribution is 5.92. The van der Waals surface area contributed by atoms with Crippen molar-refractivity contribution in [3.05, 3.63) is 36.2 Å². The Kier molecular flexibility index (Phi) is 3.72. The summed E-state index contributed by atoms with van der Waals surface area (Å²) in [4.78, 5) is 16.2. The first-order valence-corrected chi connectivity index (χ1v) is 6.82. The number of aromatic nitrogens is 3. The van der Waals surface area contributed by atoms with Crippen LogP contribution in [0.3, 0.4) is 0 Å². The minimum Gasteiger partial charge on any atom is -0.495 e. The van der Waals surface area contributed by atoms with Crippen LogP contribution >= 0.6 is 0 Å². The molecule has 1 aliphatic heterocycles. The number of hydrogen-bond donors (Lipinski definition) is 1. The zero-order chi connectivity index (χ0) is 14.7. The molecule has 1 fully saturated rings. The van der Waals surface area contributed by atoms with Crippen LogP contribution in [0.15, 0.2) is 30.5 Å². The fourth-order valence-electron chi connectivity index (χ4n) is 2.51. The van der Waals surface area contributed by atoms with Crippen molar-refractivity contribution in [1.82, 2.24) is 20.3 Å². The molecule has 1 aromatic heterocycles. The summed E-state index contributed by atoms with van der Waals surface area (Å²) in [6.45, 7) is 2.85. The molecule has 0 atom stereocenters. The topological polar surface area (TPSA) is 74.3 Å². The summed E-state index contributed by atoms with van der Waals surface area (Å²) in [6.07, 6.45) is 1.45. The molecule has 1 aromatic carbocycles. The van der Waals surface area contributed by atoms with E-state index in [4.69, 9.17) is 4.74 Å². The second-order valence-electron chi connectivity index (χ2n) is 4.81. The van der Waals surface area contributed by atoms with Gasteiger partial charge in [0.05, 0.1) is 19.0 Å². The van der Waals surface area contributed by atoms with Crippen LogP contribution in [0.25, 0.3) is 0 Å². The van der Waals surface area contributed by atoms with E-state index in [1.807, 2.05) is 24.3 Å². The standard InChI is InChI=1S/C14H17N5O2/c1-21-13-5-3-2-4-12(13)18-6-8-19(9-7-18)14(20)11-10-15-17-16-11/h2-5,10H,6-9H2,1H3,(H,15,16,17). The zero-order valence-electron chi connectivity index (χ0n) is 11.8. The van der Waals surface area contributed by atoms with Crippen molar-refractivity contribution in [2.45, 2.75) is 0 Å². The molecule has 1 amide bonds. The molecule has 21 heavy (non-hydrogen) atoms. The third-order valence-corrected chi connectivity index (χ3v) is 3.63. The largest absolute Gasteiger partial charge is 0.495 e. The number of nitrogens with one attached hydrogen (secondary N) is 1. The number of benzene rings is 1. The molecule has 3 rings (SSSR count). The number of carbonyl (C=O) groups excluding carboxylic acids is 1. The molecule has 2 heterocycles. The van der Waals surface area contributed by atoms with E-state index in [0.717, 1.165) is 24.5 Å². The summed E-state index contributed by atoms with van der Waals surface area (Å²) in [6, 6.07) is 7.92. The molecule has 1 saturated heterocycles. The highest BCUT2D eigenvalue weighted by atomic mass is 16.5. The minimum absolute atomic E-state index is 0.0802. The van der Waals surface area contributed by atoms with Crippen LogP contribution in [0, 0.1) is 0 Å². The monoisotopic (exact) mass is 287 g/mol. The van der Waals surface area contributed by atoms with E-state index in [1.54, 1.807) is 12.0 Å². The normalized spacial score (nSPS) is 15.1. The van der Waals surface area contributed by atoms with Crippen LogP contribution in [0.4, 0.5) is 5.69 Å². The SMILES string of the molecule is COc1ccccc1N1CCN(C(=O)c2cn[nH]n2)CC1. The number of aromatic amines is 1. The van der Waals surface area contributed by atoms with Gasteiger partial charge < -0.3 is 14.5 Å². The molecule has 1 aliphatic rings. The van der Waals surface area contributed by atoms with Gasteiger partial charge >= 0.3 is 0 Å². The van der Waals surface area contributed by atoms with Crippen LogP contribution in [-0.2, 0) is 0 Å². The van der Waals surface area contributed by atoms with Gasteiger partial charge in [0.15, 0.2) is 5.69 Å². The molecule has 7 heteroatoms. The van der Waals surface area contributed by atoms with E-state index in [-0.39, 0.29) is 5.91 Å². The number of carbonyl (C=O) groups is 1. The highest BCUT2D eigenvalue weighted by Gasteiger charge is 2.24. The summed E-state index contributed by atoms with van der Waals surface area (Å²) < 4.78 is 5.39. The van der Waals surface area contributed by atoms with Crippen LogP contribution in [0.5, 0.6) is 5.75 Å². The van der Waals surface area contributed by atoms with Gasteiger partial charge in [-0.05, 0) is 12.1 Å². The van der Waals surface area contributed by atoms with Crippen molar-refractivity contribution in [2.24, 2.45) is 0 Å². The molecule has 0 unspecified atom stereocenters. The Hall–Kier alpha value is -2.57. The van der Waals surface area contributed by atoms with Gasteiger partial charge in [-0.3, -0.25) is 4.79 Å². The van der Waals surface area contributed by atoms with E-state index in [1.165, 1.54) is 6.20 Å². The van der Waals surface area contributed by atoms with Crippen molar-refractivity contribution in [1.29, 1.82) is 0 Å². The first kappa shape index (κ1) is 13.4. The fourth-order valence-corrected chi connectivity index (χ4v) is 2.51. The van der Waals surface area contributed by atoms with E-state index < -0.39 is 0 Å². The number of methoxy groups -OCH3 is 1. The maximum Gasteiger partial charge on any atom is 0.276 e. The Morgan fingerprint density at radius 2 is 2.00 bits per heavy atom. The molecule has 0 radical (unpaired) electrons. The van der Waals surface area contributed by atoms with Crippen molar-refractivity contribution in [3.63, 3.8) is 0 Å². The molecule has 0 bridgehead atoms. The molecule has 1 N–H and O–H groups in total. The molecule has 0 spiro atoms. The number of nitrogens with zero attached hydrogens (tertiary/aromatic N) is 4. The van der Waals surface area contributed by atoms with Crippen LogP contribution in [0.2, 0.25) is 0 Å². The first-order valence-electron chi connectivity index (χ1n) is 6.82. The number of H-pyrrole nitrogens is 1. The Morgan fingerprint density at radius 3 is 2.67 bits per heavy atom. The number of hydrogen-bond acceptors (Lipinski definition) is 5. The second kappa shape index (κ2) is 5.82. The van der Waals surface area contributed by atoms with Crippen molar-refractivity contribution in [2.75, 3.05) is 38.2 Å². The average Bonchev–Trinajstić information content (AvgIpc) is 3.09. The van der Waals surface area contributed by atoms with Gasteiger partial charge in [-0.15, -0.1) is 0 Å². The third-order valence-electron chi connectivity index (χ3n) is 3.63. The summed E-state index contributed by atoms with van der Waals surface area (Å²) in [5.74, 6) is 0.775. The van der Waals surface area contributed by atoms with Gasteiger partial charge in [0.2, 0.25) is 0 Å². The van der Waals surface area contributed by atoms with Gasteiger partial charge in [0.1, 0.15) is 5.75 Å². The highest BCUT2D eigenvalue weighted by Crippen LogP contribution is 2.28. The fraction of sp³-hybridized carbons (Fsp3) is 0.357. The van der Waals surface area contributed by atoms with Crippen molar-refractivity contribution >= 4 is 11.6 Å². The molecule has 7 nitrogen and oxygen atoms in total. The average molecular weight is 287 g/mol. The van der Waals surface area contributed by atoms with E-state index in [9.17, 15) is 4.79 Å². The predicted octanol–water partition coefficient (Wildman–Crippen LogP) is 0.776. The number of amides is 1. The summed E-state index contributed by atoms with van der Waals surface area (Å²) in [7, 11) is 1.67. The summed E-state index contributed by atoms with van der Waals surface area (Å²) >= 11 is 0. The maximum absolute atomic E-state index is 12.2. The van der Waals surface area contributed by atoms with Gasteiger partial charge in [0, 0.05) is 26.2 Å². The molecule has 2 aromatic rings. The van der Waals surface area contributed by atoms with Gasteiger partial charge in [-0.1, -0.05) is 12.1 Å². The lowest BCUT2D eigenvalue weighted by Gasteiger charge is -2.36. The van der Waals surface area contributed by atoms with E-state index in [0.29, 0.717) is 18.8 Å². The Labute approximate surface area is 122 Å². The molecule has 0 saturated carbocycles. The molecule has 0 aliphatic carbocycles. The Balaban J connectivity index is 1.66. The lowest BCUT2D eigenvalue weighted by molar-refractivity contribution is 0.0740. The Morgan fingerprint density at radius 1 is 1.24 bits per heavy atom. The van der Waals surface area contributed by atoms with Gasteiger partial charge in [-0.25, -0.2) is 0 Å². The molecular formula is C14H17N5O2. The zero-order valence-corrected chi connectivity index (χ0v) is 11.8. The van der Waals surface area contributed by atoms with Crippen molar-refractivity contribution < 1.29 is 9.53 Å². The lowest BCUT2D eigenvalue weighted by Crippen LogP contribution is -2.49. The van der Waals surface area contributed by atoms with Crippen LogP contribution in [-0.4, -0.2) is 59.5 Å². The van der Waals surface area contributed by atoms with E-state index in [2.05, 4.69) is 20.3 Å². The maximum atomic E-state index is 12.2. The lowest BCUT2D eigenvalue weighted by atomic mass is 10.2. The van der Waals surface area contributed by atoms with E-state index >= 15 is 0 Å². The number of ether oxygens (including phenoxy) is 1. The third kappa shape index (κ3) is 2.67. The van der Waals surface area contributed by atoms with Crippen LogP contribution < -0.4 is 9.64 Å². The number of piperazine rings is 1. The summed E-state index contributed by atoms with van der Waals surface area (Å²) in [5.41, 5.74) is 1.43. The summed E-state index contributed by atoms with van der Waals surface area (Å²) in [5, 5.41) is 9.97. The van der Waals surface area contributed by atoms with Crippen molar-refractivity contribution in [3.8, 4) is 5.75 Å². The quantitative estimate of drug-likeness (QED) is 0.903. The number of anilines is 1. The Bertz CT molecular complexity index is 606. The number of para-hydroxylation sites is 2. The smallest absolute Gasteiger partial charge is 0.276 e. The minimum atomic E-state index is -0.0802. The second-order valence-corrected chi connectivity index (χ2v) is 4.81.